The molecule has 0 radical (unpaired) electrons. The Bertz CT molecular complexity index is 636. The molecule has 2 N–H and O–H groups in total. The Hall–Kier alpha value is -2.00. The van der Waals surface area contributed by atoms with E-state index in [1.807, 2.05) is 38.1 Å². The first-order valence-corrected chi connectivity index (χ1v) is 6.64. The summed E-state index contributed by atoms with van der Waals surface area (Å²) in [5.74, 6) is 0.331. The van der Waals surface area contributed by atoms with Gasteiger partial charge in [0, 0.05) is 10.6 Å². The number of hydrogen-bond acceptors (Lipinski definition) is 2. The van der Waals surface area contributed by atoms with Crippen molar-refractivity contribution < 1.29 is 9.53 Å². The Labute approximate surface area is 123 Å². The molecule has 0 unspecified atom stereocenters. The van der Waals surface area contributed by atoms with Gasteiger partial charge in [-0.2, -0.15) is 0 Å². The maximum Gasteiger partial charge on any atom is 0.248 e. The summed E-state index contributed by atoms with van der Waals surface area (Å²) in [4.78, 5) is 11.3. The van der Waals surface area contributed by atoms with Crippen molar-refractivity contribution >= 4 is 17.5 Å². The predicted molar refractivity (Wildman–Crippen MR) is 80.2 cm³/mol. The van der Waals surface area contributed by atoms with Crippen molar-refractivity contribution in [3.63, 3.8) is 0 Å². The molecule has 0 saturated carbocycles. The van der Waals surface area contributed by atoms with Crippen LogP contribution < -0.4 is 10.5 Å². The molecule has 2 aromatic rings. The molecule has 0 saturated heterocycles. The first-order chi connectivity index (χ1) is 9.49. The van der Waals surface area contributed by atoms with Gasteiger partial charge >= 0.3 is 0 Å². The average molecular weight is 290 g/mol. The fourth-order valence-electron chi connectivity index (χ4n) is 1.96. The van der Waals surface area contributed by atoms with E-state index in [4.69, 9.17) is 22.1 Å². The van der Waals surface area contributed by atoms with Gasteiger partial charge in [-0.3, -0.25) is 4.79 Å². The van der Waals surface area contributed by atoms with Crippen molar-refractivity contribution in [3.8, 4) is 5.75 Å². The molecule has 0 aliphatic heterocycles. The van der Waals surface area contributed by atoms with Gasteiger partial charge in [-0.25, -0.2) is 0 Å². The molecular formula is C16H16ClNO2. The number of carbonyl (C=O) groups excluding carboxylic acids is 1. The Morgan fingerprint density at radius 2 is 1.75 bits per heavy atom. The highest BCUT2D eigenvalue weighted by molar-refractivity contribution is 6.30. The molecule has 0 atom stereocenters. The molecule has 4 heteroatoms. The molecule has 0 spiro atoms. The highest BCUT2D eigenvalue weighted by Gasteiger charge is 2.11. The minimum Gasteiger partial charge on any atom is -0.489 e. The molecule has 20 heavy (non-hydrogen) atoms. The number of ether oxygens (including phenoxy) is 1. The van der Waals surface area contributed by atoms with Gasteiger partial charge in [0.05, 0.1) is 0 Å². The van der Waals surface area contributed by atoms with Gasteiger partial charge in [0.15, 0.2) is 0 Å². The van der Waals surface area contributed by atoms with Crippen LogP contribution in [-0.4, -0.2) is 5.91 Å². The summed E-state index contributed by atoms with van der Waals surface area (Å²) in [6.45, 7) is 4.23. The van der Waals surface area contributed by atoms with E-state index in [0.717, 1.165) is 22.4 Å². The van der Waals surface area contributed by atoms with E-state index in [2.05, 4.69) is 0 Å². The number of rotatable bonds is 4. The van der Waals surface area contributed by atoms with Crippen molar-refractivity contribution in [1.29, 1.82) is 0 Å². The van der Waals surface area contributed by atoms with Gasteiger partial charge in [0.1, 0.15) is 12.4 Å². The topological polar surface area (TPSA) is 52.3 Å². The minimum absolute atomic E-state index is 0.421. The third kappa shape index (κ3) is 3.11. The number of benzene rings is 2. The number of amides is 1. The van der Waals surface area contributed by atoms with E-state index < -0.39 is 5.91 Å². The molecule has 3 nitrogen and oxygen atoms in total. The van der Waals surface area contributed by atoms with E-state index in [-0.39, 0.29) is 0 Å². The summed E-state index contributed by atoms with van der Waals surface area (Å²) in [6, 6.07) is 11.0. The van der Waals surface area contributed by atoms with Crippen LogP contribution in [0.4, 0.5) is 0 Å². The summed E-state index contributed by atoms with van der Waals surface area (Å²) in [6.07, 6.45) is 0. The predicted octanol–water partition coefficient (Wildman–Crippen LogP) is 3.63. The zero-order valence-corrected chi connectivity index (χ0v) is 12.2. The summed E-state index contributed by atoms with van der Waals surface area (Å²) >= 11 is 5.84. The van der Waals surface area contributed by atoms with Crippen LogP contribution in [0.25, 0.3) is 0 Å². The second-order valence-electron chi connectivity index (χ2n) is 4.64. The number of carbonyl (C=O) groups is 1. The fourth-order valence-corrected chi connectivity index (χ4v) is 2.09. The second kappa shape index (κ2) is 5.97. The van der Waals surface area contributed by atoms with Gasteiger partial charge in [0.25, 0.3) is 0 Å². The Morgan fingerprint density at radius 3 is 2.35 bits per heavy atom. The van der Waals surface area contributed by atoms with Crippen molar-refractivity contribution in [2.45, 2.75) is 20.5 Å². The summed E-state index contributed by atoms with van der Waals surface area (Å²) in [7, 11) is 0. The molecule has 0 bridgehead atoms. The number of halogens is 1. The van der Waals surface area contributed by atoms with Crippen LogP contribution in [0.1, 0.15) is 27.0 Å². The molecule has 2 rings (SSSR count). The molecule has 0 aliphatic carbocycles. The molecule has 0 aromatic heterocycles. The Morgan fingerprint density at radius 1 is 1.10 bits per heavy atom. The van der Waals surface area contributed by atoms with Crippen LogP contribution in [0.3, 0.4) is 0 Å². The van der Waals surface area contributed by atoms with Gasteiger partial charge in [-0.1, -0.05) is 23.7 Å². The Kier molecular flexibility index (Phi) is 4.30. The van der Waals surface area contributed by atoms with Crippen molar-refractivity contribution in [2.24, 2.45) is 5.73 Å². The molecule has 0 fully saturated rings. The molecule has 0 heterocycles. The van der Waals surface area contributed by atoms with E-state index in [9.17, 15) is 4.79 Å². The third-order valence-corrected chi connectivity index (χ3v) is 3.56. The zero-order chi connectivity index (χ0) is 14.7. The van der Waals surface area contributed by atoms with Crippen molar-refractivity contribution in [1.82, 2.24) is 0 Å². The van der Waals surface area contributed by atoms with Crippen molar-refractivity contribution in [3.05, 3.63) is 63.7 Å². The maximum atomic E-state index is 11.3. The van der Waals surface area contributed by atoms with E-state index >= 15 is 0 Å². The normalized spacial score (nSPS) is 10.3. The number of nitrogens with two attached hydrogens (primary N) is 1. The maximum absolute atomic E-state index is 11.3. The smallest absolute Gasteiger partial charge is 0.248 e. The first kappa shape index (κ1) is 14.4. The van der Waals surface area contributed by atoms with Crippen molar-refractivity contribution in [2.75, 3.05) is 0 Å². The molecule has 104 valence electrons. The van der Waals surface area contributed by atoms with Crippen LogP contribution >= 0.6 is 11.6 Å². The minimum atomic E-state index is -0.421. The largest absolute Gasteiger partial charge is 0.489 e. The zero-order valence-electron chi connectivity index (χ0n) is 11.4. The first-order valence-electron chi connectivity index (χ1n) is 6.26. The Balaban J connectivity index is 2.16. The fraction of sp³-hybridized carbons (Fsp3) is 0.188. The van der Waals surface area contributed by atoms with Gasteiger partial charge in [-0.15, -0.1) is 0 Å². The lowest BCUT2D eigenvalue weighted by molar-refractivity contribution is 0.0999. The molecule has 1 amide bonds. The number of hydrogen-bond donors (Lipinski definition) is 1. The van der Waals surface area contributed by atoms with E-state index in [0.29, 0.717) is 17.2 Å². The van der Waals surface area contributed by atoms with Crippen LogP contribution in [-0.2, 0) is 6.61 Å². The van der Waals surface area contributed by atoms with E-state index in [1.54, 1.807) is 12.1 Å². The average Bonchev–Trinajstić information content (AvgIpc) is 2.42. The lowest BCUT2D eigenvalue weighted by Gasteiger charge is -2.13. The SMILES string of the molecule is Cc1c(OCc2ccc(Cl)cc2)ccc(C(N)=O)c1C. The van der Waals surface area contributed by atoms with Gasteiger partial charge < -0.3 is 10.5 Å². The lowest BCUT2D eigenvalue weighted by atomic mass is 10.0. The lowest BCUT2D eigenvalue weighted by Crippen LogP contribution is -2.13. The quantitative estimate of drug-likeness (QED) is 0.934. The number of primary amides is 1. The van der Waals surface area contributed by atoms with Crippen LogP contribution in [0.5, 0.6) is 5.75 Å². The molecular weight excluding hydrogens is 274 g/mol. The molecule has 0 aliphatic rings. The summed E-state index contributed by atoms with van der Waals surface area (Å²) < 4.78 is 5.78. The van der Waals surface area contributed by atoms with Crippen LogP contribution in [0.2, 0.25) is 5.02 Å². The second-order valence-corrected chi connectivity index (χ2v) is 5.08. The highest BCUT2D eigenvalue weighted by Crippen LogP contribution is 2.25. The molecule has 2 aromatic carbocycles. The standard InChI is InChI=1S/C16H16ClNO2/c1-10-11(2)15(8-7-14(10)16(18)19)20-9-12-3-5-13(17)6-4-12/h3-8H,9H2,1-2H3,(H2,18,19). The van der Waals surface area contributed by atoms with E-state index in [1.165, 1.54) is 0 Å². The third-order valence-electron chi connectivity index (χ3n) is 3.31. The van der Waals surface area contributed by atoms with Gasteiger partial charge in [0.2, 0.25) is 5.91 Å². The highest BCUT2D eigenvalue weighted by atomic mass is 35.5. The monoisotopic (exact) mass is 289 g/mol. The van der Waals surface area contributed by atoms with Crippen LogP contribution in [0.15, 0.2) is 36.4 Å². The summed E-state index contributed by atoms with van der Waals surface area (Å²) in [5, 5.41) is 0.701. The summed E-state index contributed by atoms with van der Waals surface area (Å²) in [5.41, 5.74) is 8.66. The van der Waals surface area contributed by atoms with Crippen LogP contribution in [0, 0.1) is 13.8 Å². The van der Waals surface area contributed by atoms with Gasteiger partial charge in [-0.05, 0) is 54.8 Å².